The van der Waals surface area contributed by atoms with Gasteiger partial charge < -0.3 is 10.2 Å². The molecule has 0 spiro atoms. The average molecular weight is 401 g/mol. The minimum Gasteiger partial charge on any atom is -0.365 e. The van der Waals surface area contributed by atoms with Crippen molar-refractivity contribution >= 4 is 17.4 Å². The van der Waals surface area contributed by atoms with E-state index in [1.807, 2.05) is 0 Å². The van der Waals surface area contributed by atoms with Crippen LogP contribution in [0.3, 0.4) is 0 Å². The summed E-state index contributed by atoms with van der Waals surface area (Å²) in [5.41, 5.74) is -0.0920. The summed E-state index contributed by atoms with van der Waals surface area (Å²) in [5, 5.41) is 13.8. The van der Waals surface area contributed by atoms with Gasteiger partial charge in [-0.2, -0.15) is 13.2 Å². The topological polar surface area (TPSA) is 91.6 Å². The van der Waals surface area contributed by atoms with Crippen LogP contribution < -0.4 is 5.32 Å². The lowest BCUT2D eigenvalue weighted by Gasteiger charge is -2.33. The summed E-state index contributed by atoms with van der Waals surface area (Å²) in [7, 11) is 0. The second-order valence-corrected chi connectivity index (χ2v) is 7.24. The number of hydrogen-bond acceptors (Lipinski definition) is 6. The fraction of sp³-hybridized carbons (Fsp3) is 0.647. The van der Waals surface area contributed by atoms with E-state index < -0.39 is 17.6 Å². The van der Waals surface area contributed by atoms with Crippen LogP contribution in [-0.4, -0.2) is 70.6 Å². The Morgan fingerprint density at radius 1 is 1.25 bits per heavy atom. The Kier molecular flexibility index (Phi) is 6.01. The SMILES string of the molecule is O=C(C1CCN(CC(F)(F)F)CC1)N1CCC(Nc2ccc([N+](=O)[O-])cn2)C1. The number of hydrogen-bond donors (Lipinski definition) is 1. The summed E-state index contributed by atoms with van der Waals surface area (Å²) in [5.74, 6) is 0.263. The number of nitrogens with zero attached hydrogens (tertiary/aromatic N) is 4. The lowest BCUT2D eigenvalue weighted by atomic mass is 9.95. The van der Waals surface area contributed by atoms with E-state index in [-0.39, 0.29) is 36.6 Å². The van der Waals surface area contributed by atoms with Crippen molar-refractivity contribution in [2.75, 3.05) is 38.0 Å². The molecule has 28 heavy (non-hydrogen) atoms. The van der Waals surface area contributed by atoms with Gasteiger partial charge >= 0.3 is 6.18 Å². The summed E-state index contributed by atoms with van der Waals surface area (Å²) < 4.78 is 37.4. The molecule has 1 N–H and O–H groups in total. The highest BCUT2D eigenvalue weighted by Crippen LogP contribution is 2.25. The number of pyridine rings is 1. The number of rotatable bonds is 5. The van der Waals surface area contributed by atoms with Crippen LogP contribution in [0.15, 0.2) is 18.3 Å². The number of aromatic nitrogens is 1. The Morgan fingerprint density at radius 3 is 2.54 bits per heavy atom. The largest absolute Gasteiger partial charge is 0.401 e. The molecule has 3 heterocycles. The number of amides is 1. The molecule has 3 rings (SSSR count). The number of carbonyl (C=O) groups is 1. The summed E-state index contributed by atoms with van der Waals surface area (Å²) in [6.45, 7) is 0.689. The quantitative estimate of drug-likeness (QED) is 0.601. The molecule has 1 aromatic heterocycles. The second kappa shape index (κ2) is 8.29. The van der Waals surface area contributed by atoms with E-state index in [1.165, 1.54) is 23.2 Å². The minimum absolute atomic E-state index is 0.00684. The maximum atomic E-state index is 12.7. The maximum Gasteiger partial charge on any atom is 0.401 e. The molecule has 2 saturated heterocycles. The molecular weight excluding hydrogens is 379 g/mol. The third-order valence-corrected chi connectivity index (χ3v) is 5.15. The summed E-state index contributed by atoms with van der Waals surface area (Å²) in [6.07, 6.45) is -1.44. The Bertz CT molecular complexity index is 705. The zero-order chi connectivity index (χ0) is 20.3. The first-order valence-corrected chi connectivity index (χ1v) is 9.16. The van der Waals surface area contributed by atoms with Crippen molar-refractivity contribution in [3.63, 3.8) is 0 Å². The van der Waals surface area contributed by atoms with Gasteiger partial charge in [0.1, 0.15) is 12.0 Å². The molecule has 0 aliphatic carbocycles. The summed E-state index contributed by atoms with van der Waals surface area (Å²) >= 11 is 0. The molecule has 1 aromatic rings. The van der Waals surface area contributed by atoms with Gasteiger partial charge in [-0.15, -0.1) is 0 Å². The van der Waals surface area contributed by atoms with Crippen LogP contribution in [0.2, 0.25) is 0 Å². The van der Waals surface area contributed by atoms with E-state index in [0.29, 0.717) is 31.7 Å². The molecule has 1 amide bonds. The van der Waals surface area contributed by atoms with E-state index in [9.17, 15) is 28.1 Å². The number of carbonyl (C=O) groups excluding carboxylic acids is 1. The number of likely N-dealkylation sites (tertiary alicyclic amines) is 2. The van der Waals surface area contributed by atoms with Crippen molar-refractivity contribution < 1.29 is 22.9 Å². The van der Waals surface area contributed by atoms with Crippen LogP contribution in [0.4, 0.5) is 24.7 Å². The Morgan fingerprint density at radius 2 is 1.96 bits per heavy atom. The molecule has 1 unspecified atom stereocenters. The number of piperidine rings is 1. The number of alkyl halides is 3. The Hall–Kier alpha value is -2.43. The highest BCUT2D eigenvalue weighted by Gasteiger charge is 2.36. The van der Waals surface area contributed by atoms with Crippen molar-refractivity contribution in [1.82, 2.24) is 14.8 Å². The van der Waals surface area contributed by atoms with Gasteiger partial charge in [0.15, 0.2) is 0 Å². The molecule has 0 saturated carbocycles. The van der Waals surface area contributed by atoms with Crippen LogP contribution in [0.25, 0.3) is 0 Å². The zero-order valence-electron chi connectivity index (χ0n) is 15.2. The van der Waals surface area contributed by atoms with E-state index >= 15 is 0 Å². The van der Waals surface area contributed by atoms with Gasteiger partial charge in [0.05, 0.1) is 11.5 Å². The van der Waals surface area contributed by atoms with E-state index in [0.717, 1.165) is 6.42 Å². The number of nitro groups is 1. The van der Waals surface area contributed by atoms with E-state index in [2.05, 4.69) is 10.3 Å². The zero-order valence-corrected chi connectivity index (χ0v) is 15.2. The van der Waals surface area contributed by atoms with Gasteiger partial charge in [-0.3, -0.25) is 19.8 Å². The van der Waals surface area contributed by atoms with E-state index in [4.69, 9.17) is 0 Å². The molecule has 0 radical (unpaired) electrons. The van der Waals surface area contributed by atoms with Gasteiger partial charge in [0.25, 0.3) is 5.69 Å². The smallest absolute Gasteiger partial charge is 0.365 e. The highest BCUT2D eigenvalue weighted by molar-refractivity contribution is 5.79. The van der Waals surface area contributed by atoms with Crippen LogP contribution in [-0.2, 0) is 4.79 Å². The average Bonchev–Trinajstić information content (AvgIpc) is 3.09. The van der Waals surface area contributed by atoms with Crippen LogP contribution >= 0.6 is 0 Å². The lowest BCUT2D eigenvalue weighted by Crippen LogP contribution is -2.44. The molecule has 8 nitrogen and oxygen atoms in total. The second-order valence-electron chi connectivity index (χ2n) is 7.24. The maximum absolute atomic E-state index is 12.7. The molecule has 11 heteroatoms. The highest BCUT2D eigenvalue weighted by atomic mass is 19.4. The van der Waals surface area contributed by atoms with Crippen molar-refractivity contribution in [2.45, 2.75) is 31.5 Å². The Labute approximate surface area is 159 Å². The normalized spacial score (nSPS) is 21.7. The predicted octanol–water partition coefficient (Wildman–Crippen LogP) is 2.28. The minimum atomic E-state index is -4.21. The lowest BCUT2D eigenvalue weighted by molar-refractivity contribution is -0.385. The molecule has 2 aliphatic heterocycles. The summed E-state index contributed by atoms with van der Waals surface area (Å²) in [6, 6.07) is 2.88. The van der Waals surface area contributed by atoms with Crippen molar-refractivity contribution in [1.29, 1.82) is 0 Å². The first-order chi connectivity index (χ1) is 13.2. The van der Waals surface area contributed by atoms with Crippen molar-refractivity contribution in [3.8, 4) is 0 Å². The monoisotopic (exact) mass is 401 g/mol. The number of anilines is 1. The standard InChI is InChI=1S/C17H22F3N5O3/c18-17(19,20)11-23-6-3-12(4-7-23)16(26)24-8-5-13(10-24)22-15-2-1-14(9-21-15)25(27)28/h1-2,9,12-13H,3-8,10-11H2,(H,21,22). The first-order valence-electron chi connectivity index (χ1n) is 9.16. The molecule has 0 aromatic carbocycles. The Balaban J connectivity index is 1.46. The molecule has 2 fully saturated rings. The molecule has 0 bridgehead atoms. The molecule has 154 valence electrons. The fourth-order valence-electron chi connectivity index (χ4n) is 3.72. The van der Waals surface area contributed by atoms with Gasteiger partial charge in [0.2, 0.25) is 5.91 Å². The third kappa shape index (κ3) is 5.31. The van der Waals surface area contributed by atoms with Gasteiger partial charge in [-0.05, 0) is 38.4 Å². The van der Waals surface area contributed by atoms with E-state index in [1.54, 1.807) is 4.90 Å². The van der Waals surface area contributed by atoms with Crippen molar-refractivity contribution in [3.05, 3.63) is 28.4 Å². The molecule has 2 aliphatic rings. The number of halogens is 3. The van der Waals surface area contributed by atoms with Gasteiger partial charge in [-0.1, -0.05) is 0 Å². The van der Waals surface area contributed by atoms with Gasteiger partial charge in [-0.25, -0.2) is 4.98 Å². The first kappa shape index (κ1) is 20.3. The molecule has 1 atom stereocenters. The van der Waals surface area contributed by atoms with Crippen LogP contribution in [0.5, 0.6) is 0 Å². The number of nitrogens with one attached hydrogen (secondary N) is 1. The third-order valence-electron chi connectivity index (χ3n) is 5.15. The van der Waals surface area contributed by atoms with Crippen LogP contribution in [0, 0.1) is 16.0 Å². The molecular formula is C17H22F3N5O3. The predicted molar refractivity (Wildman–Crippen MR) is 94.7 cm³/mol. The van der Waals surface area contributed by atoms with Crippen LogP contribution in [0.1, 0.15) is 19.3 Å². The fourth-order valence-corrected chi connectivity index (χ4v) is 3.72. The summed E-state index contributed by atoms with van der Waals surface area (Å²) in [4.78, 5) is 29.9. The van der Waals surface area contributed by atoms with Gasteiger partial charge in [0, 0.05) is 31.1 Å². The van der Waals surface area contributed by atoms with Crippen molar-refractivity contribution in [2.24, 2.45) is 5.92 Å².